The van der Waals surface area contributed by atoms with E-state index in [1.807, 2.05) is 39.8 Å². The maximum absolute atomic E-state index is 14.4. The fourth-order valence-electron chi connectivity index (χ4n) is 10.9. The number of nitrogens with one attached hydrogen (secondary N) is 1. The van der Waals surface area contributed by atoms with Crippen molar-refractivity contribution >= 4 is 17.8 Å². The Morgan fingerprint density at radius 2 is 1.61 bits per heavy atom. The number of fused-ring (bicyclic) bond motifs is 2. The van der Waals surface area contributed by atoms with Gasteiger partial charge in [0.05, 0.1) is 54.3 Å². The molecule has 1 spiro atoms. The topological polar surface area (TPSA) is 196 Å². The van der Waals surface area contributed by atoms with Crippen LogP contribution in [0.15, 0.2) is 59.3 Å². The number of amides is 1. The number of allylic oxidation sites excluding steroid dienone is 2. The third-order valence-electron chi connectivity index (χ3n) is 14.8. The largest absolute Gasteiger partial charge is 0.462 e. The lowest BCUT2D eigenvalue weighted by molar-refractivity contribution is -0.311. The lowest BCUT2D eigenvalue weighted by atomic mass is 9.70. The van der Waals surface area contributed by atoms with Crippen molar-refractivity contribution in [2.75, 3.05) is 14.2 Å². The summed E-state index contributed by atoms with van der Waals surface area (Å²) in [7, 11) is 3.23. The van der Waals surface area contributed by atoms with Crippen LogP contribution in [0.2, 0.25) is 0 Å². The molecule has 4 saturated heterocycles. The van der Waals surface area contributed by atoms with Gasteiger partial charge >= 0.3 is 11.9 Å². The first-order chi connectivity index (χ1) is 31.3. The lowest BCUT2D eigenvalue weighted by Gasteiger charge is -2.48. The Labute approximate surface area is 389 Å². The standard InChI is InChI=1S/C50H73NO15/c1-12-25(2)44-28(5)18-19-49(66-44)24-34-21-33(65-49)17-16-27(4)43(26(3)14-13-15-35-47(54)64-46-42(53)29(6)20-36(48(55)61-34)50(35,46)56)62-40-23-38(58-11)45(31(8)60-40)63-39-22-37(57-10)41(30(7)59-39)51-32(9)52/h13-16,18-20,25-26,28,30-31,33-34,36-46,53,56H,12,17,21-24H2,1-11H3,(H,51,52)/b14-13+,27-16+,35-15?/t25-,26-,28-,30-,31-,33+,34-,36-,37-,38-,39-,40-,41+,42+,43-,44+,45-,46+,49+,50+/m0/s1. The summed E-state index contributed by atoms with van der Waals surface area (Å²) in [6.07, 6.45) is 7.08. The van der Waals surface area contributed by atoms with Crippen molar-refractivity contribution in [2.24, 2.45) is 23.7 Å². The normalized spacial score (nSPS) is 45.9. The molecule has 0 saturated carbocycles. The van der Waals surface area contributed by atoms with Crippen molar-refractivity contribution in [2.45, 2.75) is 198 Å². The molecule has 66 heavy (non-hydrogen) atoms. The van der Waals surface area contributed by atoms with Crippen molar-refractivity contribution < 1.29 is 72.0 Å². The van der Waals surface area contributed by atoms with Gasteiger partial charge < -0.3 is 62.9 Å². The summed E-state index contributed by atoms with van der Waals surface area (Å²) < 4.78 is 63.7. The average molecular weight is 928 g/mol. The number of esters is 2. The molecule has 2 bridgehead atoms. The monoisotopic (exact) mass is 927 g/mol. The van der Waals surface area contributed by atoms with E-state index in [1.165, 1.54) is 19.1 Å². The summed E-state index contributed by atoms with van der Waals surface area (Å²) in [4.78, 5) is 39.8. The summed E-state index contributed by atoms with van der Waals surface area (Å²) in [5, 5.41) is 26.6. The summed E-state index contributed by atoms with van der Waals surface area (Å²) in [5.74, 6) is -4.25. The Kier molecular flexibility index (Phi) is 15.9. The molecule has 6 heterocycles. The number of hydrogen-bond donors (Lipinski definition) is 3. The molecule has 0 unspecified atom stereocenters. The van der Waals surface area contributed by atoms with Crippen molar-refractivity contribution in [3.8, 4) is 0 Å². The van der Waals surface area contributed by atoms with Gasteiger partial charge in [-0.1, -0.05) is 64.5 Å². The van der Waals surface area contributed by atoms with Gasteiger partial charge in [0.15, 0.2) is 30.1 Å². The Morgan fingerprint density at radius 1 is 0.909 bits per heavy atom. The first-order valence-corrected chi connectivity index (χ1v) is 23.9. The third kappa shape index (κ3) is 10.3. The van der Waals surface area contributed by atoms with Gasteiger partial charge in [-0.15, -0.1) is 0 Å². The number of carbonyl (C=O) groups excluding carboxylic acids is 3. The van der Waals surface area contributed by atoms with Crippen LogP contribution in [0.3, 0.4) is 0 Å². The molecular weight excluding hydrogens is 855 g/mol. The van der Waals surface area contributed by atoms with Gasteiger partial charge in [0.1, 0.15) is 24.2 Å². The highest BCUT2D eigenvalue weighted by molar-refractivity contribution is 5.97. The predicted molar refractivity (Wildman–Crippen MR) is 239 cm³/mol. The van der Waals surface area contributed by atoms with E-state index in [1.54, 1.807) is 27.2 Å². The van der Waals surface area contributed by atoms with Crippen LogP contribution in [-0.4, -0.2) is 139 Å². The second kappa shape index (κ2) is 20.7. The highest BCUT2D eigenvalue weighted by Gasteiger charge is 2.64. The second-order valence-electron chi connectivity index (χ2n) is 19.7. The Hall–Kier alpha value is -3.29. The van der Waals surface area contributed by atoms with E-state index in [4.69, 9.17) is 47.4 Å². The van der Waals surface area contributed by atoms with Gasteiger partial charge in [-0.25, -0.2) is 4.79 Å². The number of rotatable bonds is 9. The molecule has 0 aromatic rings. The Morgan fingerprint density at radius 3 is 2.30 bits per heavy atom. The SMILES string of the molecule is CC[C@H](C)[C@H]1O[C@]2(C=C[C@@H]1C)C[C@@H]1C[C@@H](C/C=C(\C)[C@@H](O[C@H]3C[C@H](OC)[C@@H](O[C@H]4C[C@H](OC)[C@H](NC(C)=O)[C@H](C)O4)[C@H](C)O3)[C@@H](C)/C=C/C=C3C(=O)O[C@@H]4[C@H](O)C(C)=C[C@@H](C(=O)O1)[C@]34O)O2. The van der Waals surface area contributed by atoms with E-state index >= 15 is 0 Å². The molecular formula is C50H73NO15. The molecule has 1 amide bonds. The van der Waals surface area contributed by atoms with E-state index in [2.05, 4.69) is 38.2 Å². The highest BCUT2D eigenvalue weighted by Crippen LogP contribution is 2.47. The summed E-state index contributed by atoms with van der Waals surface area (Å²) in [6.45, 7) is 17.3. The molecule has 7 rings (SSSR count). The Balaban J connectivity index is 1.18. The van der Waals surface area contributed by atoms with Crippen LogP contribution in [0.5, 0.6) is 0 Å². The number of ether oxygens (including phenoxy) is 10. The quantitative estimate of drug-likeness (QED) is 0.205. The molecule has 6 aliphatic heterocycles. The van der Waals surface area contributed by atoms with Crippen LogP contribution in [0.4, 0.5) is 0 Å². The molecule has 16 nitrogen and oxygen atoms in total. The van der Waals surface area contributed by atoms with Gasteiger partial charge in [0.25, 0.3) is 0 Å². The molecule has 7 aliphatic rings. The van der Waals surface area contributed by atoms with Crippen molar-refractivity contribution in [1.82, 2.24) is 5.32 Å². The maximum Gasteiger partial charge on any atom is 0.337 e. The van der Waals surface area contributed by atoms with Crippen LogP contribution < -0.4 is 5.32 Å². The Bertz CT molecular complexity index is 1930. The summed E-state index contributed by atoms with van der Waals surface area (Å²) in [5.41, 5.74) is -1.12. The van der Waals surface area contributed by atoms with Crippen LogP contribution in [0.1, 0.15) is 101 Å². The molecule has 368 valence electrons. The van der Waals surface area contributed by atoms with Gasteiger partial charge in [-0.05, 0) is 63.3 Å². The van der Waals surface area contributed by atoms with E-state index in [-0.39, 0.29) is 60.0 Å². The zero-order valence-electron chi connectivity index (χ0n) is 40.4. The van der Waals surface area contributed by atoms with Crippen LogP contribution in [0, 0.1) is 23.7 Å². The smallest absolute Gasteiger partial charge is 0.337 e. The number of methoxy groups -OCH3 is 2. The van der Waals surface area contributed by atoms with Crippen molar-refractivity contribution in [3.05, 3.63) is 59.3 Å². The number of hydrogen-bond acceptors (Lipinski definition) is 15. The second-order valence-corrected chi connectivity index (χ2v) is 19.7. The first-order valence-electron chi connectivity index (χ1n) is 23.9. The predicted octanol–water partition coefficient (Wildman–Crippen LogP) is 5.05. The fourth-order valence-corrected chi connectivity index (χ4v) is 10.9. The van der Waals surface area contributed by atoms with E-state index in [0.717, 1.165) is 12.0 Å². The highest BCUT2D eigenvalue weighted by atomic mass is 16.7. The summed E-state index contributed by atoms with van der Waals surface area (Å²) in [6, 6.07) is -0.333. The van der Waals surface area contributed by atoms with Crippen molar-refractivity contribution in [3.63, 3.8) is 0 Å². The molecule has 4 fully saturated rings. The fraction of sp³-hybridized carbons (Fsp3) is 0.740. The summed E-state index contributed by atoms with van der Waals surface area (Å²) >= 11 is 0. The van der Waals surface area contributed by atoms with Crippen LogP contribution >= 0.6 is 0 Å². The molecule has 0 aromatic carbocycles. The molecule has 16 heteroatoms. The van der Waals surface area contributed by atoms with E-state index in [0.29, 0.717) is 31.3 Å². The first kappa shape index (κ1) is 50.6. The van der Waals surface area contributed by atoms with Gasteiger partial charge in [0, 0.05) is 58.7 Å². The number of carbonyl (C=O) groups is 3. The van der Waals surface area contributed by atoms with Gasteiger partial charge in [-0.3, -0.25) is 9.59 Å². The van der Waals surface area contributed by atoms with Gasteiger partial charge in [-0.2, -0.15) is 0 Å². The van der Waals surface area contributed by atoms with Crippen molar-refractivity contribution in [1.29, 1.82) is 0 Å². The van der Waals surface area contributed by atoms with Crippen LogP contribution in [-0.2, 0) is 61.8 Å². The minimum atomic E-state index is -2.22. The minimum absolute atomic E-state index is 0.134. The lowest BCUT2D eigenvalue weighted by Crippen LogP contribution is -2.58. The minimum Gasteiger partial charge on any atom is -0.462 e. The molecule has 3 N–H and O–H groups in total. The molecule has 0 aromatic heterocycles. The van der Waals surface area contributed by atoms with E-state index < -0.39 is 90.7 Å². The average Bonchev–Trinajstić information content (AvgIpc) is 3.53. The molecule has 20 atom stereocenters. The molecule has 1 aliphatic carbocycles. The number of aliphatic hydroxyl groups is 2. The maximum atomic E-state index is 14.4. The van der Waals surface area contributed by atoms with Gasteiger partial charge in [0.2, 0.25) is 5.91 Å². The zero-order valence-corrected chi connectivity index (χ0v) is 40.4. The zero-order chi connectivity index (χ0) is 47.8. The van der Waals surface area contributed by atoms with Crippen LogP contribution in [0.25, 0.3) is 0 Å². The molecule has 0 radical (unpaired) electrons. The number of aliphatic hydroxyl groups excluding tert-OH is 1. The third-order valence-corrected chi connectivity index (χ3v) is 14.8. The van der Waals surface area contributed by atoms with E-state index in [9.17, 15) is 24.6 Å².